The van der Waals surface area contributed by atoms with E-state index in [0.717, 1.165) is 27.5 Å². The molecular formula is C20H16N4OS. The molecule has 0 atom stereocenters. The fourth-order valence-corrected chi connectivity index (χ4v) is 3.39. The van der Waals surface area contributed by atoms with Crippen LogP contribution in [0.1, 0.15) is 0 Å². The average Bonchev–Trinajstić information content (AvgIpc) is 3.13. The Balaban J connectivity index is 1.51. The Labute approximate surface area is 155 Å². The summed E-state index contributed by atoms with van der Waals surface area (Å²) in [7, 11) is 0. The number of carbonyl (C=O) groups excluding carboxylic acids is 1. The molecule has 1 N–H and O–H groups in total. The first-order chi connectivity index (χ1) is 12.8. The van der Waals surface area contributed by atoms with Gasteiger partial charge in [-0.25, -0.2) is 9.50 Å². The molecule has 0 aliphatic rings. The first-order valence-electron chi connectivity index (χ1n) is 8.17. The van der Waals surface area contributed by atoms with Gasteiger partial charge in [0.1, 0.15) is 5.03 Å². The maximum absolute atomic E-state index is 12.2. The summed E-state index contributed by atoms with van der Waals surface area (Å²) >= 11 is 1.40. The summed E-state index contributed by atoms with van der Waals surface area (Å²) in [6.45, 7) is 0. The number of anilines is 1. The first-order valence-corrected chi connectivity index (χ1v) is 9.16. The third kappa shape index (κ3) is 3.60. The molecule has 0 unspecified atom stereocenters. The molecule has 0 bridgehead atoms. The molecule has 4 aromatic rings. The Morgan fingerprint density at radius 3 is 2.54 bits per heavy atom. The minimum atomic E-state index is -0.0622. The summed E-state index contributed by atoms with van der Waals surface area (Å²) in [6.07, 6.45) is 3.52. The zero-order valence-electron chi connectivity index (χ0n) is 13.9. The van der Waals surface area contributed by atoms with Crippen LogP contribution in [0.4, 0.5) is 5.69 Å². The molecule has 0 aliphatic heterocycles. The molecule has 0 fully saturated rings. The number of nitrogens with one attached hydrogen (secondary N) is 1. The van der Waals surface area contributed by atoms with Crippen LogP contribution in [0.25, 0.3) is 16.8 Å². The van der Waals surface area contributed by atoms with Crippen LogP contribution < -0.4 is 5.32 Å². The number of amides is 1. The Bertz CT molecular complexity index is 1030. The van der Waals surface area contributed by atoms with Crippen LogP contribution in [0.5, 0.6) is 0 Å². The van der Waals surface area contributed by atoms with Gasteiger partial charge in [0.25, 0.3) is 0 Å². The van der Waals surface area contributed by atoms with E-state index >= 15 is 0 Å². The van der Waals surface area contributed by atoms with Gasteiger partial charge in [0.05, 0.1) is 17.0 Å². The van der Waals surface area contributed by atoms with Crippen LogP contribution in [0.3, 0.4) is 0 Å². The van der Waals surface area contributed by atoms with Gasteiger partial charge < -0.3 is 5.32 Å². The second kappa shape index (κ2) is 7.41. The van der Waals surface area contributed by atoms with Gasteiger partial charge in [0, 0.05) is 23.6 Å². The van der Waals surface area contributed by atoms with Gasteiger partial charge in [0.15, 0.2) is 0 Å². The number of hydrogen-bond acceptors (Lipinski definition) is 4. The highest BCUT2D eigenvalue weighted by molar-refractivity contribution is 8.00. The summed E-state index contributed by atoms with van der Waals surface area (Å²) in [5, 5.41) is 8.27. The van der Waals surface area contributed by atoms with Crippen molar-refractivity contribution >= 4 is 28.9 Å². The molecule has 0 saturated carbocycles. The summed E-state index contributed by atoms with van der Waals surface area (Å²) in [6, 6.07) is 21.4. The molecule has 26 heavy (non-hydrogen) atoms. The van der Waals surface area contributed by atoms with Crippen molar-refractivity contribution in [2.24, 2.45) is 0 Å². The maximum Gasteiger partial charge on any atom is 0.234 e. The number of rotatable bonds is 5. The molecule has 2 heterocycles. The molecule has 0 radical (unpaired) electrons. The van der Waals surface area contributed by atoms with E-state index in [1.54, 1.807) is 10.7 Å². The van der Waals surface area contributed by atoms with Crippen LogP contribution in [0.15, 0.2) is 84.1 Å². The fraction of sp³-hybridized carbons (Fsp3) is 0.0500. The molecule has 5 nitrogen and oxygen atoms in total. The lowest BCUT2D eigenvalue weighted by molar-refractivity contribution is -0.113. The van der Waals surface area contributed by atoms with Gasteiger partial charge in [-0.1, -0.05) is 60.3 Å². The number of hydrogen-bond donors (Lipinski definition) is 1. The molecule has 0 spiro atoms. The molecular weight excluding hydrogens is 344 g/mol. The lowest BCUT2D eigenvalue weighted by Crippen LogP contribution is -2.14. The minimum Gasteiger partial charge on any atom is -0.325 e. The van der Waals surface area contributed by atoms with E-state index in [1.807, 2.05) is 72.9 Å². The second-order valence-electron chi connectivity index (χ2n) is 5.66. The van der Waals surface area contributed by atoms with E-state index in [-0.39, 0.29) is 11.7 Å². The zero-order chi connectivity index (χ0) is 17.8. The molecule has 0 saturated heterocycles. The van der Waals surface area contributed by atoms with Gasteiger partial charge >= 0.3 is 0 Å². The van der Waals surface area contributed by atoms with Gasteiger partial charge in [0.2, 0.25) is 5.91 Å². The first kappa shape index (κ1) is 16.4. The van der Waals surface area contributed by atoms with Crippen molar-refractivity contribution in [3.05, 3.63) is 79.1 Å². The quantitative estimate of drug-likeness (QED) is 0.544. The van der Waals surface area contributed by atoms with Crippen molar-refractivity contribution in [2.45, 2.75) is 5.03 Å². The van der Waals surface area contributed by atoms with E-state index in [9.17, 15) is 4.79 Å². The van der Waals surface area contributed by atoms with Crippen molar-refractivity contribution in [3.63, 3.8) is 0 Å². The number of para-hydroxylation sites is 1. The molecule has 2 aromatic heterocycles. The molecule has 6 heteroatoms. The van der Waals surface area contributed by atoms with Crippen LogP contribution in [-0.2, 0) is 4.79 Å². The predicted octanol–water partition coefficient (Wildman–Crippen LogP) is 4.13. The van der Waals surface area contributed by atoms with Gasteiger partial charge in [-0.15, -0.1) is 0 Å². The molecule has 1 amide bonds. The van der Waals surface area contributed by atoms with Crippen LogP contribution in [-0.4, -0.2) is 26.3 Å². The summed E-state index contributed by atoms with van der Waals surface area (Å²) < 4.78 is 1.80. The Morgan fingerprint density at radius 1 is 1.04 bits per heavy atom. The SMILES string of the molecule is O=C(CSc1nccn2nc(-c3ccccc3)cc12)Nc1ccccc1. The Kier molecular flexibility index (Phi) is 4.66. The van der Waals surface area contributed by atoms with Crippen molar-refractivity contribution < 1.29 is 4.79 Å². The molecule has 4 rings (SSSR count). The van der Waals surface area contributed by atoms with Crippen molar-refractivity contribution in [1.29, 1.82) is 0 Å². The minimum absolute atomic E-state index is 0.0622. The van der Waals surface area contributed by atoms with Crippen molar-refractivity contribution in [3.8, 4) is 11.3 Å². The molecule has 128 valence electrons. The van der Waals surface area contributed by atoms with E-state index in [0.29, 0.717) is 0 Å². The Morgan fingerprint density at radius 2 is 1.77 bits per heavy atom. The second-order valence-corrected chi connectivity index (χ2v) is 6.62. The topological polar surface area (TPSA) is 59.3 Å². The van der Waals surface area contributed by atoms with E-state index < -0.39 is 0 Å². The van der Waals surface area contributed by atoms with Crippen LogP contribution >= 0.6 is 11.8 Å². The highest BCUT2D eigenvalue weighted by atomic mass is 32.2. The monoisotopic (exact) mass is 360 g/mol. The van der Waals surface area contributed by atoms with E-state index in [2.05, 4.69) is 15.4 Å². The number of fused-ring (bicyclic) bond motifs is 1. The van der Waals surface area contributed by atoms with Gasteiger partial charge in [-0.05, 0) is 18.2 Å². The van der Waals surface area contributed by atoms with Crippen molar-refractivity contribution in [2.75, 3.05) is 11.1 Å². The number of aromatic nitrogens is 3. The standard InChI is InChI=1S/C20H16N4OS/c25-19(22-16-9-5-2-6-10-16)14-26-20-18-13-17(15-7-3-1-4-8-15)23-24(18)12-11-21-20/h1-13H,14H2,(H,22,25). The summed E-state index contributed by atoms with van der Waals surface area (Å²) in [5.74, 6) is 0.223. The lowest BCUT2D eigenvalue weighted by Gasteiger charge is -2.05. The van der Waals surface area contributed by atoms with Crippen LogP contribution in [0.2, 0.25) is 0 Å². The number of carbonyl (C=O) groups is 1. The summed E-state index contributed by atoms with van der Waals surface area (Å²) in [4.78, 5) is 16.6. The molecule has 2 aromatic carbocycles. The predicted molar refractivity (Wildman–Crippen MR) is 104 cm³/mol. The Hall–Kier alpha value is -3.12. The number of benzene rings is 2. The van der Waals surface area contributed by atoms with E-state index in [1.165, 1.54) is 11.8 Å². The third-order valence-corrected chi connectivity index (χ3v) is 4.82. The largest absolute Gasteiger partial charge is 0.325 e. The van der Waals surface area contributed by atoms with Gasteiger partial charge in [-0.2, -0.15) is 5.10 Å². The number of thioether (sulfide) groups is 1. The fourth-order valence-electron chi connectivity index (χ4n) is 2.61. The third-order valence-electron chi connectivity index (χ3n) is 3.82. The zero-order valence-corrected chi connectivity index (χ0v) is 14.7. The maximum atomic E-state index is 12.2. The van der Waals surface area contributed by atoms with Gasteiger partial charge in [-0.3, -0.25) is 4.79 Å². The van der Waals surface area contributed by atoms with E-state index in [4.69, 9.17) is 0 Å². The highest BCUT2D eigenvalue weighted by Gasteiger charge is 2.11. The van der Waals surface area contributed by atoms with Crippen molar-refractivity contribution in [1.82, 2.24) is 14.6 Å². The molecule has 0 aliphatic carbocycles. The lowest BCUT2D eigenvalue weighted by atomic mass is 10.1. The number of nitrogens with zero attached hydrogens (tertiary/aromatic N) is 3. The highest BCUT2D eigenvalue weighted by Crippen LogP contribution is 2.26. The average molecular weight is 360 g/mol. The summed E-state index contributed by atoms with van der Waals surface area (Å²) in [5.41, 5.74) is 3.62. The van der Waals surface area contributed by atoms with Crippen LogP contribution in [0, 0.1) is 0 Å². The normalized spacial score (nSPS) is 10.8. The smallest absolute Gasteiger partial charge is 0.234 e.